The third-order valence-corrected chi connectivity index (χ3v) is 3.77. The van der Waals surface area contributed by atoms with E-state index in [1.165, 1.54) is 16.2 Å². The number of nitrogens with two attached hydrogens (primary N) is 1. The van der Waals surface area contributed by atoms with Crippen LogP contribution in [-0.2, 0) is 6.54 Å². The summed E-state index contributed by atoms with van der Waals surface area (Å²) in [5, 5.41) is 10.4. The number of anilines is 1. The van der Waals surface area contributed by atoms with Gasteiger partial charge in [-0.1, -0.05) is 6.92 Å². The Bertz CT molecular complexity index is 328. The molecule has 0 aromatic carbocycles. The molecule has 0 amide bonds. The Labute approximate surface area is 93.7 Å². The summed E-state index contributed by atoms with van der Waals surface area (Å²) in [7, 11) is 0. The molecular formula is C10H17N3OS. The standard InChI is InChI=1S/C10H17N3OS/c1-2-7-4-13(6-9(7)14)5-8-3-12-10(11)15-8/h3,7,9,14H,2,4-6H2,1H3,(H2,11,12). The molecule has 0 radical (unpaired) electrons. The van der Waals surface area contributed by atoms with E-state index >= 15 is 0 Å². The van der Waals surface area contributed by atoms with E-state index in [9.17, 15) is 5.11 Å². The maximum atomic E-state index is 9.76. The molecule has 15 heavy (non-hydrogen) atoms. The van der Waals surface area contributed by atoms with E-state index in [-0.39, 0.29) is 6.10 Å². The van der Waals surface area contributed by atoms with Gasteiger partial charge in [0.05, 0.1) is 6.10 Å². The fraction of sp³-hybridized carbons (Fsp3) is 0.700. The maximum absolute atomic E-state index is 9.76. The Hall–Kier alpha value is -0.650. The van der Waals surface area contributed by atoms with Crippen LogP contribution in [0.3, 0.4) is 0 Å². The highest BCUT2D eigenvalue weighted by molar-refractivity contribution is 7.15. The normalized spacial score (nSPS) is 27.3. The highest BCUT2D eigenvalue weighted by Crippen LogP contribution is 2.24. The van der Waals surface area contributed by atoms with E-state index in [1.807, 2.05) is 6.20 Å². The van der Waals surface area contributed by atoms with Gasteiger partial charge < -0.3 is 10.8 Å². The van der Waals surface area contributed by atoms with E-state index in [0.717, 1.165) is 26.1 Å². The van der Waals surface area contributed by atoms with Gasteiger partial charge in [-0.25, -0.2) is 4.98 Å². The van der Waals surface area contributed by atoms with Gasteiger partial charge in [-0.05, 0) is 12.3 Å². The van der Waals surface area contributed by atoms with Crippen LogP contribution in [0.15, 0.2) is 6.20 Å². The topological polar surface area (TPSA) is 62.4 Å². The van der Waals surface area contributed by atoms with Crippen molar-refractivity contribution in [2.45, 2.75) is 26.0 Å². The summed E-state index contributed by atoms with van der Waals surface area (Å²) >= 11 is 1.53. The van der Waals surface area contributed by atoms with Crippen molar-refractivity contribution in [1.82, 2.24) is 9.88 Å². The molecule has 5 heteroatoms. The van der Waals surface area contributed by atoms with Crippen molar-refractivity contribution in [3.8, 4) is 0 Å². The third-order valence-electron chi connectivity index (χ3n) is 2.96. The summed E-state index contributed by atoms with van der Waals surface area (Å²) in [6.07, 6.45) is 2.70. The van der Waals surface area contributed by atoms with E-state index in [0.29, 0.717) is 11.0 Å². The minimum Gasteiger partial charge on any atom is -0.391 e. The molecule has 3 N–H and O–H groups in total. The highest BCUT2D eigenvalue weighted by Gasteiger charge is 2.29. The number of nitrogen functional groups attached to an aromatic ring is 1. The van der Waals surface area contributed by atoms with Crippen molar-refractivity contribution in [1.29, 1.82) is 0 Å². The molecule has 2 rings (SSSR count). The third kappa shape index (κ3) is 2.48. The lowest BCUT2D eigenvalue weighted by Gasteiger charge is -2.13. The monoisotopic (exact) mass is 227 g/mol. The van der Waals surface area contributed by atoms with Gasteiger partial charge in [0.25, 0.3) is 0 Å². The van der Waals surface area contributed by atoms with Gasteiger partial charge in [0, 0.05) is 30.7 Å². The number of thiazole rings is 1. The zero-order valence-corrected chi connectivity index (χ0v) is 9.70. The summed E-state index contributed by atoms with van der Waals surface area (Å²) in [6.45, 7) is 4.75. The van der Waals surface area contributed by atoms with Crippen LogP contribution in [0, 0.1) is 5.92 Å². The first-order valence-electron chi connectivity index (χ1n) is 5.29. The van der Waals surface area contributed by atoms with Gasteiger partial charge in [-0.15, -0.1) is 11.3 Å². The zero-order valence-electron chi connectivity index (χ0n) is 8.89. The summed E-state index contributed by atoms with van der Waals surface area (Å²) in [5.74, 6) is 0.426. The van der Waals surface area contributed by atoms with Crippen LogP contribution in [0.1, 0.15) is 18.2 Å². The van der Waals surface area contributed by atoms with E-state index in [2.05, 4.69) is 16.8 Å². The van der Waals surface area contributed by atoms with Gasteiger partial charge in [0.2, 0.25) is 0 Å². The second-order valence-corrected chi connectivity index (χ2v) is 5.24. The molecule has 1 aliphatic heterocycles. The minimum atomic E-state index is -0.166. The molecule has 1 aliphatic rings. The van der Waals surface area contributed by atoms with Gasteiger partial charge in [0.15, 0.2) is 5.13 Å². The Morgan fingerprint density at radius 2 is 2.47 bits per heavy atom. The van der Waals surface area contributed by atoms with Crippen LogP contribution < -0.4 is 5.73 Å². The second kappa shape index (κ2) is 4.47. The first kappa shape index (κ1) is 10.9. The Morgan fingerprint density at radius 1 is 1.67 bits per heavy atom. The molecule has 2 unspecified atom stereocenters. The SMILES string of the molecule is CCC1CN(Cc2cnc(N)s2)CC1O. The number of hydrogen-bond donors (Lipinski definition) is 2. The number of aliphatic hydroxyl groups excluding tert-OH is 1. The maximum Gasteiger partial charge on any atom is 0.180 e. The second-order valence-electron chi connectivity index (χ2n) is 4.09. The predicted molar refractivity (Wildman–Crippen MR) is 61.6 cm³/mol. The van der Waals surface area contributed by atoms with Crippen LogP contribution in [0.5, 0.6) is 0 Å². The van der Waals surface area contributed by atoms with Gasteiger partial charge in [-0.2, -0.15) is 0 Å². The molecule has 1 aromatic rings. The Balaban J connectivity index is 1.92. The molecule has 2 atom stereocenters. The van der Waals surface area contributed by atoms with Crippen LogP contribution in [-0.4, -0.2) is 34.2 Å². The Morgan fingerprint density at radius 3 is 3.00 bits per heavy atom. The number of nitrogens with zero attached hydrogens (tertiary/aromatic N) is 2. The van der Waals surface area contributed by atoms with E-state index < -0.39 is 0 Å². The van der Waals surface area contributed by atoms with Crippen molar-refractivity contribution >= 4 is 16.5 Å². The average molecular weight is 227 g/mol. The highest BCUT2D eigenvalue weighted by atomic mass is 32.1. The lowest BCUT2D eigenvalue weighted by atomic mass is 10.0. The van der Waals surface area contributed by atoms with Crippen molar-refractivity contribution in [2.24, 2.45) is 5.92 Å². The number of aliphatic hydroxyl groups is 1. The van der Waals surface area contributed by atoms with Crippen molar-refractivity contribution in [3.05, 3.63) is 11.1 Å². The summed E-state index contributed by atoms with van der Waals surface area (Å²) < 4.78 is 0. The quantitative estimate of drug-likeness (QED) is 0.806. The zero-order chi connectivity index (χ0) is 10.8. The van der Waals surface area contributed by atoms with Crippen LogP contribution >= 0.6 is 11.3 Å². The fourth-order valence-electron chi connectivity index (χ4n) is 2.09. The van der Waals surface area contributed by atoms with E-state index in [1.54, 1.807) is 0 Å². The average Bonchev–Trinajstić information content (AvgIpc) is 2.73. The van der Waals surface area contributed by atoms with E-state index in [4.69, 9.17) is 5.73 Å². The molecule has 1 fully saturated rings. The lowest BCUT2D eigenvalue weighted by Crippen LogP contribution is -2.20. The molecule has 4 nitrogen and oxygen atoms in total. The van der Waals surface area contributed by atoms with Crippen LogP contribution in [0.2, 0.25) is 0 Å². The minimum absolute atomic E-state index is 0.166. The number of rotatable bonds is 3. The molecule has 1 saturated heterocycles. The number of likely N-dealkylation sites (tertiary alicyclic amines) is 1. The summed E-state index contributed by atoms with van der Waals surface area (Å²) in [6, 6.07) is 0. The first-order valence-corrected chi connectivity index (χ1v) is 6.11. The van der Waals surface area contributed by atoms with Crippen molar-refractivity contribution in [3.63, 3.8) is 0 Å². The molecule has 2 heterocycles. The molecular weight excluding hydrogens is 210 g/mol. The first-order chi connectivity index (χ1) is 7.19. The molecule has 1 aromatic heterocycles. The molecule has 0 spiro atoms. The molecule has 0 aliphatic carbocycles. The number of β-amino-alcohol motifs (C(OH)–C–C–N with tert-alkyl or cyclic N) is 1. The number of aromatic nitrogens is 1. The van der Waals surface area contributed by atoms with Crippen LogP contribution in [0.4, 0.5) is 5.13 Å². The largest absolute Gasteiger partial charge is 0.391 e. The fourth-order valence-corrected chi connectivity index (χ4v) is 2.81. The molecule has 0 saturated carbocycles. The lowest BCUT2D eigenvalue weighted by molar-refractivity contribution is 0.139. The molecule has 84 valence electrons. The van der Waals surface area contributed by atoms with Crippen molar-refractivity contribution < 1.29 is 5.11 Å². The predicted octanol–water partition coefficient (Wildman–Crippen LogP) is 0.928. The summed E-state index contributed by atoms with van der Waals surface area (Å²) in [5.41, 5.74) is 5.57. The molecule has 0 bridgehead atoms. The Kier molecular flexibility index (Phi) is 3.23. The van der Waals surface area contributed by atoms with Crippen LogP contribution in [0.25, 0.3) is 0 Å². The smallest absolute Gasteiger partial charge is 0.180 e. The number of hydrogen-bond acceptors (Lipinski definition) is 5. The van der Waals surface area contributed by atoms with Crippen molar-refractivity contribution in [2.75, 3.05) is 18.8 Å². The summed E-state index contributed by atoms with van der Waals surface area (Å²) in [4.78, 5) is 7.47. The van der Waals surface area contributed by atoms with Gasteiger partial charge in [0.1, 0.15) is 0 Å². The van der Waals surface area contributed by atoms with Gasteiger partial charge >= 0.3 is 0 Å². The van der Waals surface area contributed by atoms with Gasteiger partial charge in [-0.3, -0.25) is 4.90 Å².